The molecule has 0 unspecified atom stereocenters. The number of hydrogen-bond acceptors (Lipinski definition) is 1. The maximum atomic E-state index is 5.56. The molecule has 1 aliphatic rings. The largest absolute Gasteiger partial charge is 0.344 e. The van der Waals surface area contributed by atoms with Crippen molar-refractivity contribution in [2.24, 2.45) is 0 Å². The zero-order valence-corrected chi connectivity index (χ0v) is 14.6. The fourth-order valence-corrected chi connectivity index (χ4v) is 3.66. The second-order valence-electron chi connectivity index (χ2n) is 6.40. The van der Waals surface area contributed by atoms with Crippen molar-refractivity contribution in [2.75, 3.05) is 11.9 Å². The summed E-state index contributed by atoms with van der Waals surface area (Å²) in [6, 6.07) is 21.6. The standard InChI is InChI=1S/C21H20N2S/c1-15-9-10-20-18(13-15)14-23(21(24)22-20)12-11-17-7-4-6-16-5-2-3-8-19(16)17/h2-10,13H,11-12,14H2,1H3,(H,22,24). The number of benzene rings is 3. The van der Waals surface area contributed by atoms with Crippen LogP contribution in [0.15, 0.2) is 60.7 Å². The molecule has 3 aromatic carbocycles. The number of nitrogens with zero attached hydrogens (tertiary/aromatic N) is 1. The Kier molecular flexibility index (Phi) is 3.95. The summed E-state index contributed by atoms with van der Waals surface area (Å²) in [6.07, 6.45) is 0.990. The predicted molar refractivity (Wildman–Crippen MR) is 105 cm³/mol. The molecule has 0 spiro atoms. The Morgan fingerprint density at radius 1 is 1.04 bits per heavy atom. The van der Waals surface area contributed by atoms with E-state index in [1.807, 2.05) is 0 Å². The number of anilines is 1. The first-order valence-electron chi connectivity index (χ1n) is 8.33. The van der Waals surface area contributed by atoms with Gasteiger partial charge in [0.25, 0.3) is 0 Å². The van der Waals surface area contributed by atoms with Crippen LogP contribution in [0.25, 0.3) is 10.8 Å². The van der Waals surface area contributed by atoms with Crippen LogP contribution < -0.4 is 5.32 Å². The summed E-state index contributed by atoms with van der Waals surface area (Å²) in [7, 11) is 0. The van der Waals surface area contributed by atoms with Gasteiger partial charge in [0.1, 0.15) is 0 Å². The zero-order chi connectivity index (χ0) is 16.5. The molecule has 0 saturated carbocycles. The number of aryl methyl sites for hydroxylation is 1. The van der Waals surface area contributed by atoms with Crippen LogP contribution in [0.3, 0.4) is 0 Å². The second-order valence-corrected chi connectivity index (χ2v) is 6.79. The molecule has 0 fully saturated rings. The van der Waals surface area contributed by atoms with E-state index in [2.05, 4.69) is 77.8 Å². The maximum absolute atomic E-state index is 5.56. The van der Waals surface area contributed by atoms with Crippen LogP contribution in [0.2, 0.25) is 0 Å². The Bertz CT molecular complexity index is 911. The van der Waals surface area contributed by atoms with E-state index in [1.54, 1.807) is 0 Å². The van der Waals surface area contributed by atoms with E-state index < -0.39 is 0 Å². The molecule has 24 heavy (non-hydrogen) atoms. The molecule has 2 nitrogen and oxygen atoms in total. The molecule has 0 bridgehead atoms. The third-order valence-electron chi connectivity index (χ3n) is 4.68. The Labute approximate surface area is 148 Å². The summed E-state index contributed by atoms with van der Waals surface area (Å²) in [6.45, 7) is 3.94. The number of hydrogen-bond donors (Lipinski definition) is 1. The Balaban J connectivity index is 1.54. The van der Waals surface area contributed by atoms with Crippen molar-refractivity contribution in [3.8, 4) is 0 Å². The SMILES string of the molecule is Cc1ccc2c(c1)CN(CCc1cccc3ccccc13)C(=S)N2. The highest BCUT2D eigenvalue weighted by molar-refractivity contribution is 7.80. The van der Waals surface area contributed by atoms with E-state index in [9.17, 15) is 0 Å². The van der Waals surface area contributed by atoms with E-state index >= 15 is 0 Å². The first-order chi connectivity index (χ1) is 11.7. The minimum atomic E-state index is 0.826. The van der Waals surface area contributed by atoms with Crippen molar-refractivity contribution in [1.82, 2.24) is 4.90 Å². The highest BCUT2D eigenvalue weighted by atomic mass is 32.1. The van der Waals surface area contributed by atoms with E-state index in [0.717, 1.165) is 30.3 Å². The lowest BCUT2D eigenvalue weighted by molar-refractivity contribution is 0.418. The van der Waals surface area contributed by atoms with Gasteiger partial charge in [-0.2, -0.15) is 0 Å². The van der Waals surface area contributed by atoms with E-state index in [-0.39, 0.29) is 0 Å². The van der Waals surface area contributed by atoms with Gasteiger partial charge >= 0.3 is 0 Å². The van der Waals surface area contributed by atoms with E-state index in [1.165, 1.54) is 27.5 Å². The summed E-state index contributed by atoms with van der Waals surface area (Å²) in [5, 5.41) is 6.83. The number of nitrogens with one attached hydrogen (secondary N) is 1. The van der Waals surface area contributed by atoms with Crippen LogP contribution in [0.1, 0.15) is 16.7 Å². The highest BCUT2D eigenvalue weighted by Crippen LogP contribution is 2.25. The third-order valence-corrected chi connectivity index (χ3v) is 5.04. The monoisotopic (exact) mass is 332 g/mol. The van der Waals surface area contributed by atoms with Crippen molar-refractivity contribution in [2.45, 2.75) is 19.9 Å². The molecule has 4 rings (SSSR count). The van der Waals surface area contributed by atoms with Gasteiger partial charge in [-0.15, -0.1) is 0 Å². The molecular weight excluding hydrogens is 312 g/mol. The minimum Gasteiger partial charge on any atom is -0.344 e. The van der Waals surface area contributed by atoms with Gasteiger partial charge in [-0.05, 0) is 53.5 Å². The Morgan fingerprint density at radius 2 is 1.88 bits per heavy atom. The van der Waals surface area contributed by atoms with Gasteiger partial charge in [0.05, 0.1) is 0 Å². The molecule has 0 radical (unpaired) electrons. The molecule has 3 aromatic rings. The molecule has 0 amide bonds. The van der Waals surface area contributed by atoms with Gasteiger partial charge in [0.2, 0.25) is 0 Å². The lowest BCUT2D eigenvalue weighted by Crippen LogP contribution is -2.39. The molecule has 0 saturated heterocycles. The third kappa shape index (κ3) is 2.87. The molecule has 3 heteroatoms. The van der Waals surface area contributed by atoms with Gasteiger partial charge in [-0.3, -0.25) is 0 Å². The van der Waals surface area contributed by atoms with Gasteiger partial charge in [-0.1, -0.05) is 60.2 Å². The van der Waals surface area contributed by atoms with Gasteiger partial charge in [0, 0.05) is 18.8 Å². The van der Waals surface area contributed by atoms with E-state index in [4.69, 9.17) is 12.2 Å². The minimum absolute atomic E-state index is 0.826. The summed E-state index contributed by atoms with van der Waals surface area (Å²) in [5.74, 6) is 0. The molecule has 120 valence electrons. The summed E-state index contributed by atoms with van der Waals surface area (Å²) < 4.78 is 0. The first kappa shape index (κ1) is 15.2. The van der Waals surface area contributed by atoms with Crippen LogP contribution in [0.4, 0.5) is 5.69 Å². The van der Waals surface area contributed by atoms with Crippen molar-refractivity contribution >= 4 is 33.8 Å². The molecule has 1 aliphatic heterocycles. The molecule has 1 heterocycles. The predicted octanol–water partition coefficient (Wildman–Crippen LogP) is 4.90. The molecule has 0 atom stereocenters. The topological polar surface area (TPSA) is 15.3 Å². The van der Waals surface area contributed by atoms with Gasteiger partial charge in [-0.25, -0.2) is 0 Å². The first-order valence-corrected chi connectivity index (χ1v) is 8.73. The normalized spacial score (nSPS) is 13.7. The van der Waals surface area contributed by atoms with Gasteiger partial charge in [0.15, 0.2) is 5.11 Å². The van der Waals surface area contributed by atoms with Crippen molar-refractivity contribution in [1.29, 1.82) is 0 Å². The number of thiocarbonyl (C=S) groups is 1. The van der Waals surface area contributed by atoms with Crippen LogP contribution >= 0.6 is 12.2 Å². The average molecular weight is 332 g/mol. The van der Waals surface area contributed by atoms with Crippen LogP contribution in [0, 0.1) is 6.92 Å². The summed E-state index contributed by atoms with van der Waals surface area (Å²) in [4.78, 5) is 2.26. The lowest BCUT2D eigenvalue weighted by Gasteiger charge is -2.32. The summed E-state index contributed by atoms with van der Waals surface area (Å²) in [5.41, 5.74) is 5.14. The van der Waals surface area contributed by atoms with Gasteiger partial charge < -0.3 is 10.2 Å². The van der Waals surface area contributed by atoms with Crippen molar-refractivity contribution in [3.05, 3.63) is 77.4 Å². The zero-order valence-electron chi connectivity index (χ0n) is 13.8. The quantitative estimate of drug-likeness (QED) is 0.687. The van der Waals surface area contributed by atoms with Crippen LogP contribution in [-0.4, -0.2) is 16.6 Å². The average Bonchev–Trinajstić information content (AvgIpc) is 2.60. The second kappa shape index (κ2) is 6.25. The molecule has 0 aromatic heterocycles. The smallest absolute Gasteiger partial charge is 0.173 e. The van der Waals surface area contributed by atoms with Crippen LogP contribution in [-0.2, 0) is 13.0 Å². The van der Waals surface area contributed by atoms with Crippen molar-refractivity contribution in [3.63, 3.8) is 0 Å². The van der Waals surface area contributed by atoms with Crippen LogP contribution in [0.5, 0.6) is 0 Å². The van der Waals surface area contributed by atoms with E-state index in [0.29, 0.717) is 0 Å². The fraction of sp³-hybridized carbons (Fsp3) is 0.190. The molecule has 1 N–H and O–H groups in total. The number of rotatable bonds is 3. The maximum Gasteiger partial charge on any atom is 0.173 e. The number of fused-ring (bicyclic) bond motifs is 2. The molecular formula is C21H20N2S. The lowest BCUT2D eigenvalue weighted by atomic mass is 10.0. The fourth-order valence-electron chi connectivity index (χ4n) is 3.39. The van der Waals surface area contributed by atoms with Crippen molar-refractivity contribution < 1.29 is 0 Å². The highest BCUT2D eigenvalue weighted by Gasteiger charge is 2.19. The molecule has 0 aliphatic carbocycles. The Morgan fingerprint density at radius 3 is 2.79 bits per heavy atom. The summed E-state index contributed by atoms with van der Waals surface area (Å²) >= 11 is 5.56. The Hall–Kier alpha value is -2.39.